The lowest BCUT2D eigenvalue weighted by Crippen LogP contribution is -2.13. The third-order valence-electron chi connectivity index (χ3n) is 3.47. The Balaban J connectivity index is 1.71. The first-order chi connectivity index (χ1) is 12.1. The van der Waals surface area contributed by atoms with Gasteiger partial charge >= 0.3 is 0 Å². The smallest absolute Gasteiger partial charge is 0.278 e. The lowest BCUT2D eigenvalue weighted by Gasteiger charge is -2.08. The topological polar surface area (TPSA) is 110 Å². The molecule has 124 valence electrons. The Hall–Kier alpha value is -2.78. The van der Waals surface area contributed by atoms with Crippen LogP contribution in [0, 0.1) is 0 Å². The molecule has 0 aliphatic carbocycles. The predicted octanol–water partition coefficient (Wildman–Crippen LogP) is 3.68. The van der Waals surface area contributed by atoms with E-state index in [0.29, 0.717) is 33.1 Å². The van der Waals surface area contributed by atoms with Gasteiger partial charge in [-0.15, -0.1) is 10.2 Å². The maximum atomic E-state index is 12.6. The highest BCUT2D eigenvalue weighted by Crippen LogP contribution is 2.29. The molecule has 0 spiro atoms. The molecule has 10 heteroatoms. The Morgan fingerprint density at radius 2 is 2.12 bits per heavy atom. The van der Waals surface area contributed by atoms with Gasteiger partial charge < -0.3 is 9.84 Å². The second-order valence-electron chi connectivity index (χ2n) is 5.05. The molecule has 8 nitrogen and oxygen atoms in total. The normalized spacial score (nSPS) is 11.0. The minimum Gasteiger partial charge on any atom is -0.355 e. The van der Waals surface area contributed by atoms with Crippen molar-refractivity contribution in [1.29, 1.82) is 0 Å². The number of carbonyl (C=O) groups is 1. The highest BCUT2D eigenvalue weighted by molar-refractivity contribution is 9.10. The molecule has 0 aliphatic rings. The van der Waals surface area contributed by atoms with Crippen LogP contribution in [0.1, 0.15) is 10.5 Å². The van der Waals surface area contributed by atoms with Gasteiger partial charge in [0.15, 0.2) is 11.3 Å². The van der Waals surface area contributed by atoms with E-state index in [1.807, 2.05) is 0 Å². The molecule has 0 saturated carbocycles. The van der Waals surface area contributed by atoms with Gasteiger partial charge in [0, 0.05) is 21.1 Å². The molecule has 0 unspecified atom stereocenters. The highest BCUT2D eigenvalue weighted by atomic mass is 79.9. The molecule has 2 heterocycles. The summed E-state index contributed by atoms with van der Waals surface area (Å²) in [6, 6.07) is 10.3. The maximum absolute atomic E-state index is 12.6. The first-order valence-electron chi connectivity index (χ1n) is 7.01. The van der Waals surface area contributed by atoms with E-state index in [4.69, 9.17) is 16.1 Å². The fourth-order valence-corrected chi connectivity index (χ4v) is 2.87. The van der Waals surface area contributed by atoms with Crippen molar-refractivity contribution in [3.05, 3.63) is 51.6 Å². The fourth-order valence-electron chi connectivity index (χ4n) is 2.34. The number of fused-ring (bicyclic) bond motifs is 1. The van der Waals surface area contributed by atoms with Crippen LogP contribution in [-0.4, -0.2) is 31.7 Å². The second-order valence-corrected chi connectivity index (χ2v) is 6.40. The second kappa shape index (κ2) is 6.26. The number of rotatable bonds is 3. The van der Waals surface area contributed by atoms with E-state index in [9.17, 15) is 4.79 Å². The van der Waals surface area contributed by atoms with E-state index >= 15 is 0 Å². The number of amides is 1. The Morgan fingerprint density at radius 1 is 1.24 bits per heavy atom. The number of aromatic amines is 1. The third kappa shape index (κ3) is 2.99. The Labute approximate surface area is 153 Å². The molecule has 4 rings (SSSR count). The monoisotopic (exact) mass is 418 g/mol. The van der Waals surface area contributed by atoms with Crippen LogP contribution >= 0.6 is 27.5 Å². The predicted molar refractivity (Wildman–Crippen MR) is 94.3 cm³/mol. The number of halogens is 2. The van der Waals surface area contributed by atoms with Crippen LogP contribution < -0.4 is 5.32 Å². The first kappa shape index (κ1) is 15.7. The van der Waals surface area contributed by atoms with Crippen molar-refractivity contribution in [3.63, 3.8) is 0 Å². The summed E-state index contributed by atoms with van der Waals surface area (Å²) in [6.45, 7) is 0. The largest absolute Gasteiger partial charge is 0.355 e. The van der Waals surface area contributed by atoms with Gasteiger partial charge in [-0.2, -0.15) is 5.21 Å². The molecule has 2 N–H and O–H groups in total. The summed E-state index contributed by atoms with van der Waals surface area (Å²) in [7, 11) is 0. The summed E-state index contributed by atoms with van der Waals surface area (Å²) in [5.74, 6) is -0.0680. The number of aromatic nitrogens is 5. The number of carbonyl (C=O) groups excluding carboxylic acids is 1. The van der Waals surface area contributed by atoms with Gasteiger partial charge in [-0.05, 0) is 35.5 Å². The van der Waals surface area contributed by atoms with Crippen LogP contribution in [0.5, 0.6) is 0 Å². The van der Waals surface area contributed by atoms with Crippen molar-refractivity contribution in [3.8, 4) is 11.4 Å². The van der Waals surface area contributed by atoms with E-state index in [-0.39, 0.29) is 5.69 Å². The average Bonchev–Trinajstić information content (AvgIpc) is 3.25. The summed E-state index contributed by atoms with van der Waals surface area (Å²) in [4.78, 5) is 12.6. The Bertz CT molecular complexity index is 1080. The number of benzene rings is 2. The van der Waals surface area contributed by atoms with Crippen LogP contribution in [0.4, 0.5) is 5.69 Å². The van der Waals surface area contributed by atoms with Crippen molar-refractivity contribution in [1.82, 2.24) is 25.8 Å². The lowest BCUT2D eigenvalue weighted by molar-refractivity contribution is 0.102. The molecule has 0 aliphatic heterocycles. The minimum absolute atomic E-state index is 0.161. The van der Waals surface area contributed by atoms with Gasteiger partial charge in [0.2, 0.25) is 5.82 Å². The first-order valence-corrected chi connectivity index (χ1v) is 8.18. The molecule has 0 radical (unpaired) electrons. The van der Waals surface area contributed by atoms with Crippen molar-refractivity contribution in [2.45, 2.75) is 0 Å². The fraction of sp³-hybridized carbons (Fsp3) is 0. The number of anilines is 1. The summed E-state index contributed by atoms with van der Waals surface area (Å²) < 4.78 is 5.98. The Morgan fingerprint density at radius 3 is 2.92 bits per heavy atom. The van der Waals surface area contributed by atoms with E-state index in [0.717, 1.165) is 4.47 Å². The van der Waals surface area contributed by atoms with Crippen LogP contribution in [0.25, 0.3) is 22.4 Å². The Kier molecular flexibility index (Phi) is 3.94. The number of nitrogens with one attached hydrogen (secondary N) is 2. The standard InChI is InChI=1S/C15H8BrClN6O2/c16-7-1-4-11(10(5-7)14-19-22-23-20-14)18-15(24)13-9-3-2-8(17)6-12(9)25-21-13/h1-6H,(H,18,24)(H,19,20,22,23). The molecular weight excluding hydrogens is 412 g/mol. The molecule has 1 amide bonds. The maximum Gasteiger partial charge on any atom is 0.278 e. The van der Waals surface area contributed by atoms with Crippen molar-refractivity contribution in [2.75, 3.05) is 5.32 Å². The van der Waals surface area contributed by atoms with Crippen molar-refractivity contribution < 1.29 is 9.32 Å². The van der Waals surface area contributed by atoms with Gasteiger partial charge in [-0.1, -0.05) is 32.7 Å². The number of hydrogen-bond donors (Lipinski definition) is 2. The van der Waals surface area contributed by atoms with Crippen LogP contribution in [0.3, 0.4) is 0 Å². The van der Waals surface area contributed by atoms with Crippen molar-refractivity contribution in [2.24, 2.45) is 0 Å². The zero-order valence-corrected chi connectivity index (χ0v) is 14.7. The van der Waals surface area contributed by atoms with Crippen molar-refractivity contribution >= 4 is 50.1 Å². The summed E-state index contributed by atoms with van der Waals surface area (Å²) in [5.41, 5.74) is 1.72. The molecule has 2 aromatic carbocycles. The molecule has 4 aromatic rings. The molecule has 0 atom stereocenters. The summed E-state index contributed by atoms with van der Waals surface area (Å²) >= 11 is 9.30. The molecule has 2 aromatic heterocycles. The van der Waals surface area contributed by atoms with E-state index in [2.05, 4.69) is 47.0 Å². The highest BCUT2D eigenvalue weighted by Gasteiger charge is 2.19. The molecule has 0 saturated heterocycles. The minimum atomic E-state index is -0.423. The SMILES string of the molecule is O=C(Nc1ccc(Br)cc1-c1nn[nH]n1)c1noc2cc(Cl)ccc12. The van der Waals surface area contributed by atoms with Gasteiger partial charge in [-0.3, -0.25) is 4.79 Å². The van der Waals surface area contributed by atoms with Gasteiger partial charge in [-0.25, -0.2) is 0 Å². The van der Waals surface area contributed by atoms with E-state index < -0.39 is 5.91 Å². The number of nitrogens with zero attached hydrogens (tertiary/aromatic N) is 4. The molecular formula is C15H8BrClN6O2. The number of tetrazole rings is 1. The van der Waals surface area contributed by atoms with Crippen LogP contribution in [0.15, 0.2) is 45.4 Å². The molecule has 0 fully saturated rings. The summed E-state index contributed by atoms with van der Waals surface area (Å²) in [6.07, 6.45) is 0. The molecule has 25 heavy (non-hydrogen) atoms. The number of H-pyrrole nitrogens is 1. The van der Waals surface area contributed by atoms with Crippen LogP contribution in [0.2, 0.25) is 5.02 Å². The van der Waals surface area contributed by atoms with E-state index in [1.165, 1.54) is 0 Å². The molecule has 0 bridgehead atoms. The zero-order valence-electron chi connectivity index (χ0n) is 12.3. The van der Waals surface area contributed by atoms with Gasteiger partial charge in [0.1, 0.15) is 0 Å². The quantitative estimate of drug-likeness (QED) is 0.524. The average molecular weight is 420 g/mol. The van der Waals surface area contributed by atoms with E-state index in [1.54, 1.807) is 36.4 Å². The summed E-state index contributed by atoms with van der Waals surface area (Å²) in [5, 5.41) is 21.5. The van der Waals surface area contributed by atoms with Crippen LogP contribution in [-0.2, 0) is 0 Å². The zero-order chi connectivity index (χ0) is 17.4. The number of hydrogen-bond acceptors (Lipinski definition) is 6. The van der Waals surface area contributed by atoms with Gasteiger partial charge in [0.05, 0.1) is 11.1 Å². The van der Waals surface area contributed by atoms with Gasteiger partial charge in [0.25, 0.3) is 5.91 Å². The lowest BCUT2D eigenvalue weighted by atomic mass is 10.1. The third-order valence-corrected chi connectivity index (χ3v) is 4.19.